The fourth-order valence-electron chi connectivity index (χ4n) is 0. The van der Waals surface area contributed by atoms with E-state index in [0.717, 1.165) is 12.2 Å². The van der Waals surface area contributed by atoms with Gasteiger partial charge in [-0.1, -0.05) is 0 Å². The first-order chi connectivity index (χ1) is 1.41. The van der Waals surface area contributed by atoms with Crippen LogP contribution in [0.3, 0.4) is 0 Å². The van der Waals surface area contributed by atoms with E-state index in [1.165, 1.54) is 0 Å². The minimum Gasteiger partial charge on any atom is 0 e. The molecule has 0 unspecified atom stereocenters. The largest absolute Gasteiger partial charge is 0 e. The van der Waals surface area contributed by atoms with E-state index in [2.05, 4.69) is 14.7 Å². The van der Waals surface area contributed by atoms with E-state index < -0.39 is 0 Å². The van der Waals surface area contributed by atoms with Gasteiger partial charge >= 0.3 is 26.9 Å². The van der Waals surface area contributed by atoms with Crippen LogP contribution in [-0.4, -0.2) is 0 Å². The molecule has 0 aromatic rings. The van der Waals surface area contributed by atoms with Crippen LogP contribution in [0, 0.1) is 0 Å². The fourth-order valence-corrected chi connectivity index (χ4v) is 0. The SMILES string of the molecule is [P]#[Ni]#[P].[Ru]. The molecule has 0 amide bonds. The molecule has 0 aromatic heterocycles. The van der Waals surface area contributed by atoms with Gasteiger partial charge in [0.1, 0.15) is 0 Å². The Morgan fingerprint density at radius 3 is 1.25 bits per heavy atom. The third-order valence-electron chi connectivity index (χ3n) is 0. The van der Waals surface area contributed by atoms with E-state index in [1.807, 2.05) is 0 Å². The summed E-state index contributed by atoms with van der Waals surface area (Å²) in [5, 5.41) is 0. The fraction of sp³-hybridized carbons (Fsp3) is 0. The van der Waals surface area contributed by atoms with Gasteiger partial charge in [0.25, 0.3) is 0 Å². The van der Waals surface area contributed by atoms with Crippen LogP contribution < -0.4 is 0 Å². The minimum absolute atomic E-state index is 0. The van der Waals surface area contributed by atoms with Crippen LogP contribution >= 0.6 is 14.7 Å². The Balaban J connectivity index is 0. The standard InChI is InChI=1S/Ni.2P.Ru. The maximum atomic E-state index is 3.59. The molecule has 4 heavy (non-hydrogen) atoms. The van der Waals surface area contributed by atoms with Gasteiger partial charge in [0.05, 0.1) is 0 Å². The van der Waals surface area contributed by atoms with Crippen molar-refractivity contribution >= 4 is 14.7 Å². The Bertz CT molecular complexity index is 79.2. The number of rotatable bonds is 0. The smallest absolute Gasteiger partial charge is 0 e. The van der Waals surface area contributed by atoms with E-state index in [9.17, 15) is 0 Å². The average Bonchev–Trinajstić information content (AvgIpc) is 0.918. The second-order valence-electron chi connectivity index (χ2n) is 0.0632. The van der Waals surface area contributed by atoms with E-state index in [-0.39, 0.29) is 19.5 Å². The molecule has 28 valence electrons. The minimum atomic E-state index is 0. The predicted octanol–water partition coefficient (Wildman–Crippen LogP) is 1.72. The molecule has 0 rings (SSSR count). The molecule has 0 nitrogen and oxygen atoms in total. The molecule has 0 aromatic carbocycles. The topological polar surface area (TPSA) is 0 Å². The summed E-state index contributed by atoms with van der Waals surface area (Å²) in [6.45, 7) is 0. The summed E-state index contributed by atoms with van der Waals surface area (Å²) < 4.78 is 0. The Labute approximate surface area is 46.4 Å². The van der Waals surface area contributed by atoms with Gasteiger partial charge in [0.15, 0.2) is 0 Å². The van der Waals surface area contributed by atoms with Crippen molar-refractivity contribution in [2.45, 2.75) is 0 Å². The Morgan fingerprint density at radius 1 is 1.25 bits per heavy atom. The Morgan fingerprint density at radius 2 is 1.25 bits per heavy atom. The molecule has 0 bridgehead atoms. The zero-order valence-corrected chi connectivity index (χ0v) is 6.08. The Hall–Kier alpha value is 1.98. The van der Waals surface area contributed by atoms with E-state index in [4.69, 9.17) is 0 Å². The van der Waals surface area contributed by atoms with Crippen molar-refractivity contribution in [3.63, 3.8) is 0 Å². The molecule has 0 N–H and O–H groups in total. The van der Waals surface area contributed by atoms with Crippen molar-refractivity contribution in [3.8, 4) is 0 Å². The van der Waals surface area contributed by atoms with Crippen LogP contribution in [-0.2, 0) is 31.7 Å². The maximum Gasteiger partial charge on any atom is 0 e. The van der Waals surface area contributed by atoms with Crippen molar-refractivity contribution < 1.29 is 31.7 Å². The van der Waals surface area contributed by atoms with E-state index >= 15 is 0 Å². The molecule has 0 saturated carbocycles. The molecule has 0 aliphatic carbocycles. The summed E-state index contributed by atoms with van der Waals surface area (Å²) in [6.07, 6.45) is 0. The summed E-state index contributed by atoms with van der Waals surface area (Å²) in [7, 11) is 7.18. The molecule has 0 heterocycles. The van der Waals surface area contributed by atoms with Gasteiger partial charge in [-0.25, -0.2) is 0 Å². The Kier molecular flexibility index (Phi) is 20.8. The predicted molar refractivity (Wildman–Crippen MR) is 13.8 cm³/mol. The van der Waals surface area contributed by atoms with Crippen molar-refractivity contribution in [1.82, 2.24) is 0 Å². The maximum absolute atomic E-state index is 3.59. The molecule has 0 saturated heterocycles. The van der Waals surface area contributed by atoms with Crippen LogP contribution in [0.25, 0.3) is 0 Å². The summed E-state index contributed by atoms with van der Waals surface area (Å²) in [5.74, 6) is 0. The summed E-state index contributed by atoms with van der Waals surface area (Å²) >= 11 is 1.01. The summed E-state index contributed by atoms with van der Waals surface area (Å²) in [6, 6.07) is 0. The average molecular weight is 222 g/mol. The van der Waals surface area contributed by atoms with Gasteiger partial charge < -0.3 is 0 Å². The molecule has 0 aliphatic heterocycles. The van der Waals surface area contributed by atoms with Crippen LogP contribution in [0.1, 0.15) is 0 Å². The van der Waals surface area contributed by atoms with Gasteiger partial charge in [-0.3, -0.25) is 0 Å². The molecule has 0 fully saturated rings. The monoisotopic (exact) mass is 222 g/mol. The third-order valence-corrected chi connectivity index (χ3v) is 0. The van der Waals surface area contributed by atoms with Gasteiger partial charge in [-0.2, -0.15) is 0 Å². The molecule has 0 radical (unpaired) electrons. The van der Waals surface area contributed by atoms with Crippen LogP contribution in [0.2, 0.25) is 0 Å². The molecular weight excluding hydrogens is 222 g/mol. The van der Waals surface area contributed by atoms with Crippen molar-refractivity contribution in [2.75, 3.05) is 0 Å². The summed E-state index contributed by atoms with van der Waals surface area (Å²) in [4.78, 5) is 0. The van der Waals surface area contributed by atoms with Crippen LogP contribution in [0.5, 0.6) is 0 Å². The van der Waals surface area contributed by atoms with Gasteiger partial charge in [-0.15, -0.1) is 0 Å². The van der Waals surface area contributed by atoms with E-state index in [1.54, 1.807) is 0 Å². The molecular formula is NiP2Ru. The molecule has 4 heteroatoms. The molecule has 0 atom stereocenters. The third kappa shape index (κ3) is 9.02. The molecule has 0 spiro atoms. The van der Waals surface area contributed by atoms with Gasteiger partial charge in [0, 0.05) is 19.5 Å². The second-order valence-corrected chi connectivity index (χ2v) is 2.35. The first-order valence-electron chi connectivity index (χ1n) is 0.283. The number of hydrogen-bond acceptors (Lipinski definition) is 0. The van der Waals surface area contributed by atoms with Crippen molar-refractivity contribution in [2.24, 2.45) is 0 Å². The second kappa shape index (κ2) is 8.88. The van der Waals surface area contributed by atoms with E-state index in [0.29, 0.717) is 0 Å². The first kappa shape index (κ1) is 9.36. The zero-order valence-electron chi connectivity index (χ0n) is 1.56. The normalized spacial score (nSPS) is 3.50. The van der Waals surface area contributed by atoms with Crippen molar-refractivity contribution in [1.29, 1.82) is 0 Å². The van der Waals surface area contributed by atoms with Crippen molar-refractivity contribution in [3.05, 3.63) is 0 Å². The van der Waals surface area contributed by atoms with Crippen LogP contribution in [0.15, 0.2) is 0 Å². The zero-order chi connectivity index (χ0) is 2.71. The van der Waals surface area contributed by atoms with Gasteiger partial charge in [-0.05, 0) is 0 Å². The van der Waals surface area contributed by atoms with Crippen LogP contribution in [0.4, 0.5) is 0 Å². The molecule has 0 aliphatic rings. The summed E-state index contributed by atoms with van der Waals surface area (Å²) in [5.41, 5.74) is 0. The first-order valence-corrected chi connectivity index (χ1v) is 3.50. The number of hydrogen-bond donors (Lipinski definition) is 0. The quantitative estimate of drug-likeness (QED) is 0.432. The van der Waals surface area contributed by atoms with Gasteiger partial charge in [0.2, 0.25) is 0 Å².